The fourth-order valence-electron chi connectivity index (χ4n) is 3.65. The summed E-state index contributed by atoms with van der Waals surface area (Å²) in [6.07, 6.45) is 6.38. The average molecular weight is 274 g/mol. The average Bonchev–Trinajstić information content (AvgIpc) is 3.07. The van der Waals surface area contributed by atoms with Crippen molar-refractivity contribution < 1.29 is 9.53 Å². The minimum Gasteiger partial charge on any atom is -0.497 e. The van der Waals surface area contributed by atoms with Crippen LogP contribution in [0.5, 0.6) is 5.75 Å². The van der Waals surface area contributed by atoms with Crippen molar-refractivity contribution >= 4 is 5.91 Å². The standard InChI is InChI=1S/C16H22N2O2/c1-20-13-7-6-11-8-9-16(15(17)19,14(11)10-13)18-12-4-2-3-5-12/h6-7,10,12,18H,2-5,8-9H2,1H3,(H2,17,19). The van der Waals surface area contributed by atoms with Gasteiger partial charge in [0.25, 0.3) is 0 Å². The van der Waals surface area contributed by atoms with Gasteiger partial charge >= 0.3 is 0 Å². The molecule has 0 aliphatic heterocycles. The topological polar surface area (TPSA) is 64.3 Å². The van der Waals surface area contributed by atoms with Crippen LogP contribution in [0.1, 0.15) is 43.2 Å². The molecule has 2 aliphatic carbocycles. The molecule has 0 saturated heterocycles. The maximum atomic E-state index is 12.2. The van der Waals surface area contributed by atoms with Gasteiger partial charge < -0.3 is 10.5 Å². The van der Waals surface area contributed by atoms with E-state index in [0.29, 0.717) is 6.04 Å². The number of amides is 1. The summed E-state index contributed by atoms with van der Waals surface area (Å²) in [6, 6.07) is 6.37. The van der Waals surface area contributed by atoms with Gasteiger partial charge in [-0.1, -0.05) is 18.9 Å². The Labute approximate surface area is 119 Å². The Balaban J connectivity index is 1.98. The van der Waals surface area contributed by atoms with E-state index in [1.165, 1.54) is 18.4 Å². The maximum absolute atomic E-state index is 12.2. The molecule has 4 nitrogen and oxygen atoms in total. The molecule has 0 radical (unpaired) electrons. The number of nitrogens with two attached hydrogens (primary N) is 1. The zero-order chi connectivity index (χ0) is 14.2. The lowest BCUT2D eigenvalue weighted by Crippen LogP contribution is -2.54. The van der Waals surface area contributed by atoms with Crippen molar-refractivity contribution in [2.75, 3.05) is 7.11 Å². The Morgan fingerprint density at radius 1 is 1.40 bits per heavy atom. The quantitative estimate of drug-likeness (QED) is 0.880. The molecule has 1 unspecified atom stereocenters. The highest BCUT2D eigenvalue weighted by Gasteiger charge is 2.45. The van der Waals surface area contributed by atoms with Crippen LogP contribution in [-0.4, -0.2) is 19.1 Å². The second kappa shape index (κ2) is 5.09. The lowest BCUT2D eigenvalue weighted by molar-refractivity contribution is -0.125. The van der Waals surface area contributed by atoms with Gasteiger partial charge in [0.1, 0.15) is 11.3 Å². The van der Waals surface area contributed by atoms with E-state index in [1.54, 1.807) is 7.11 Å². The van der Waals surface area contributed by atoms with Crippen molar-refractivity contribution in [3.8, 4) is 5.75 Å². The zero-order valence-corrected chi connectivity index (χ0v) is 11.9. The number of benzene rings is 1. The van der Waals surface area contributed by atoms with Crippen molar-refractivity contribution in [3.05, 3.63) is 29.3 Å². The SMILES string of the molecule is COc1ccc2c(c1)C(NC1CCCC1)(C(N)=O)CC2. The highest BCUT2D eigenvalue weighted by molar-refractivity contribution is 5.88. The van der Waals surface area contributed by atoms with Gasteiger partial charge in [0.15, 0.2) is 0 Å². The molecule has 3 N–H and O–H groups in total. The Bertz CT molecular complexity index is 523. The number of ether oxygens (including phenoxy) is 1. The minimum atomic E-state index is -0.709. The Morgan fingerprint density at radius 3 is 2.80 bits per heavy atom. The normalized spacial score (nSPS) is 25.6. The van der Waals surface area contributed by atoms with Crippen LogP contribution < -0.4 is 15.8 Å². The first-order valence-corrected chi connectivity index (χ1v) is 7.41. The smallest absolute Gasteiger partial charge is 0.242 e. The molecule has 1 atom stereocenters. The first-order valence-electron chi connectivity index (χ1n) is 7.41. The van der Waals surface area contributed by atoms with Crippen LogP contribution in [0.3, 0.4) is 0 Å². The molecule has 4 heteroatoms. The number of methoxy groups -OCH3 is 1. The zero-order valence-electron chi connectivity index (χ0n) is 11.9. The lowest BCUT2D eigenvalue weighted by atomic mass is 9.89. The third-order valence-electron chi connectivity index (χ3n) is 4.77. The van der Waals surface area contributed by atoms with Crippen LogP contribution in [-0.2, 0) is 16.8 Å². The largest absolute Gasteiger partial charge is 0.497 e. The number of nitrogens with one attached hydrogen (secondary N) is 1. The predicted octanol–water partition coefficient (Wildman–Crippen LogP) is 1.85. The second-order valence-corrected chi connectivity index (χ2v) is 5.92. The molecule has 1 aromatic rings. The van der Waals surface area contributed by atoms with E-state index < -0.39 is 5.54 Å². The summed E-state index contributed by atoms with van der Waals surface area (Å²) in [4.78, 5) is 12.2. The molecule has 2 aliphatic rings. The van der Waals surface area contributed by atoms with E-state index in [9.17, 15) is 4.79 Å². The Hall–Kier alpha value is -1.55. The number of primary amides is 1. The fourth-order valence-corrected chi connectivity index (χ4v) is 3.65. The molecule has 0 aromatic heterocycles. The molecule has 0 spiro atoms. The van der Waals surface area contributed by atoms with Gasteiger partial charge in [0.05, 0.1) is 7.11 Å². The van der Waals surface area contributed by atoms with Gasteiger partial charge in [-0.2, -0.15) is 0 Å². The molecule has 1 aromatic carbocycles. The third kappa shape index (κ3) is 2.08. The Kier molecular flexibility index (Phi) is 3.42. The molecule has 3 rings (SSSR count). The molecule has 0 bridgehead atoms. The fraction of sp³-hybridized carbons (Fsp3) is 0.562. The monoisotopic (exact) mass is 274 g/mol. The summed E-state index contributed by atoms with van der Waals surface area (Å²) >= 11 is 0. The van der Waals surface area contributed by atoms with Crippen molar-refractivity contribution in [1.82, 2.24) is 5.32 Å². The van der Waals surface area contributed by atoms with Crippen molar-refractivity contribution in [2.45, 2.75) is 50.1 Å². The van der Waals surface area contributed by atoms with Crippen molar-refractivity contribution in [2.24, 2.45) is 5.73 Å². The van der Waals surface area contributed by atoms with Crippen LogP contribution in [0.4, 0.5) is 0 Å². The highest BCUT2D eigenvalue weighted by atomic mass is 16.5. The van der Waals surface area contributed by atoms with Crippen LogP contribution in [0.15, 0.2) is 18.2 Å². The van der Waals surface area contributed by atoms with E-state index in [4.69, 9.17) is 10.5 Å². The van der Waals surface area contributed by atoms with Gasteiger partial charge in [-0.05, 0) is 48.9 Å². The lowest BCUT2D eigenvalue weighted by Gasteiger charge is -2.32. The van der Waals surface area contributed by atoms with Gasteiger partial charge in [0.2, 0.25) is 5.91 Å². The molecule has 0 heterocycles. The number of aryl methyl sites for hydroxylation is 1. The van der Waals surface area contributed by atoms with Crippen LogP contribution in [0.25, 0.3) is 0 Å². The van der Waals surface area contributed by atoms with Gasteiger partial charge in [-0.3, -0.25) is 10.1 Å². The molecule has 1 saturated carbocycles. The van der Waals surface area contributed by atoms with E-state index in [2.05, 4.69) is 11.4 Å². The van der Waals surface area contributed by atoms with Crippen molar-refractivity contribution in [1.29, 1.82) is 0 Å². The summed E-state index contributed by atoms with van der Waals surface area (Å²) in [6.45, 7) is 0. The summed E-state index contributed by atoms with van der Waals surface area (Å²) in [5.41, 5.74) is 7.28. The number of carbonyl (C=O) groups is 1. The predicted molar refractivity (Wildman–Crippen MR) is 77.6 cm³/mol. The van der Waals surface area contributed by atoms with Crippen LogP contribution >= 0.6 is 0 Å². The second-order valence-electron chi connectivity index (χ2n) is 5.92. The minimum absolute atomic E-state index is 0.267. The number of carbonyl (C=O) groups excluding carboxylic acids is 1. The van der Waals surface area contributed by atoms with E-state index in [1.807, 2.05) is 12.1 Å². The van der Waals surface area contributed by atoms with Gasteiger partial charge in [-0.15, -0.1) is 0 Å². The molecule has 1 fully saturated rings. The van der Waals surface area contributed by atoms with E-state index in [-0.39, 0.29) is 5.91 Å². The summed E-state index contributed by atoms with van der Waals surface area (Å²) in [5.74, 6) is 0.515. The summed E-state index contributed by atoms with van der Waals surface area (Å²) in [5, 5.41) is 3.57. The van der Waals surface area contributed by atoms with Crippen molar-refractivity contribution in [3.63, 3.8) is 0 Å². The summed E-state index contributed by atoms with van der Waals surface area (Å²) < 4.78 is 5.30. The third-order valence-corrected chi connectivity index (χ3v) is 4.77. The number of hydrogen-bond donors (Lipinski definition) is 2. The number of fused-ring (bicyclic) bond motifs is 1. The van der Waals surface area contributed by atoms with Gasteiger partial charge in [-0.25, -0.2) is 0 Å². The number of hydrogen-bond acceptors (Lipinski definition) is 3. The van der Waals surface area contributed by atoms with E-state index in [0.717, 1.165) is 37.0 Å². The van der Waals surface area contributed by atoms with Crippen LogP contribution in [0, 0.1) is 0 Å². The molecule has 108 valence electrons. The highest BCUT2D eigenvalue weighted by Crippen LogP contribution is 2.40. The first-order chi connectivity index (χ1) is 9.65. The Morgan fingerprint density at radius 2 is 2.15 bits per heavy atom. The van der Waals surface area contributed by atoms with Crippen LogP contribution in [0.2, 0.25) is 0 Å². The first kappa shape index (κ1) is 13.4. The maximum Gasteiger partial charge on any atom is 0.242 e. The number of rotatable bonds is 4. The molecular weight excluding hydrogens is 252 g/mol. The summed E-state index contributed by atoms with van der Waals surface area (Å²) in [7, 11) is 1.65. The molecule has 20 heavy (non-hydrogen) atoms. The van der Waals surface area contributed by atoms with Gasteiger partial charge in [0, 0.05) is 6.04 Å². The van der Waals surface area contributed by atoms with E-state index >= 15 is 0 Å². The molecule has 1 amide bonds. The molecular formula is C16H22N2O2.